The second kappa shape index (κ2) is 4.79. The summed E-state index contributed by atoms with van der Waals surface area (Å²) in [5.41, 5.74) is 0. The molecular formula is C11H22. The van der Waals surface area contributed by atoms with Gasteiger partial charge in [-0.15, -0.1) is 0 Å². The van der Waals surface area contributed by atoms with Gasteiger partial charge in [-0.3, -0.25) is 0 Å². The van der Waals surface area contributed by atoms with Crippen molar-refractivity contribution in [2.24, 2.45) is 11.8 Å². The van der Waals surface area contributed by atoms with Gasteiger partial charge >= 0.3 is 0 Å². The maximum Gasteiger partial charge on any atom is -0.0412 e. The van der Waals surface area contributed by atoms with E-state index in [1.54, 1.807) is 0 Å². The van der Waals surface area contributed by atoms with Crippen LogP contribution < -0.4 is 0 Å². The molecular weight excluding hydrogens is 132 g/mol. The fourth-order valence-corrected chi connectivity index (χ4v) is 2.27. The SMILES string of the molecule is CCCCC[C@H]1CC[C@@H](C)C1. The zero-order chi connectivity index (χ0) is 8.10. The molecule has 0 nitrogen and oxygen atoms in total. The third kappa shape index (κ3) is 3.27. The molecule has 1 aliphatic carbocycles. The van der Waals surface area contributed by atoms with Gasteiger partial charge in [-0.05, 0) is 18.3 Å². The third-order valence-electron chi connectivity index (χ3n) is 3.02. The summed E-state index contributed by atoms with van der Waals surface area (Å²) in [6.07, 6.45) is 10.4. The van der Waals surface area contributed by atoms with Crippen LogP contribution in [0.4, 0.5) is 0 Å². The highest BCUT2D eigenvalue weighted by molar-refractivity contribution is 4.72. The van der Waals surface area contributed by atoms with Gasteiger partial charge < -0.3 is 0 Å². The number of hydrogen-bond donors (Lipinski definition) is 0. The molecule has 0 heterocycles. The van der Waals surface area contributed by atoms with Crippen molar-refractivity contribution in [3.8, 4) is 0 Å². The molecule has 0 radical (unpaired) electrons. The van der Waals surface area contributed by atoms with Crippen molar-refractivity contribution in [3.63, 3.8) is 0 Å². The van der Waals surface area contributed by atoms with Crippen LogP contribution in [-0.2, 0) is 0 Å². The van der Waals surface area contributed by atoms with Gasteiger partial charge in [0.05, 0.1) is 0 Å². The first-order chi connectivity index (χ1) is 5.33. The van der Waals surface area contributed by atoms with Gasteiger partial charge in [0.1, 0.15) is 0 Å². The minimum absolute atomic E-state index is 1.03. The lowest BCUT2D eigenvalue weighted by molar-refractivity contribution is 0.454. The second-order valence-electron chi connectivity index (χ2n) is 4.28. The zero-order valence-corrected chi connectivity index (χ0v) is 8.10. The first-order valence-corrected chi connectivity index (χ1v) is 5.33. The van der Waals surface area contributed by atoms with E-state index in [9.17, 15) is 0 Å². The molecule has 1 aliphatic rings. The highest BCUT2D eigenvalue weighted by Crippen LogP contribution is 2.33. The van der Waals surface area contributed by atoms with E-state index in [2.05, 4.69) is 13.8 Å². The quantitative estimate of drug-likeness (QED) is 0.537. The van der Waals surface area contributed by atoms with Crippen LogP contribution in [0, 0.1) is 11.8 Å². The van der Waals surface area contributed by atoms with Crippen molar-refractivity contribution >= 4 is 0 Å². The third-order valence-corrected chi connectivity index (χ3v) is 3.02. The van der Waals surface area contributed by atoms with E-state index in [0.29, 0.717) is 0 Å². The summed E-state index contributed by atoms with van der Waals surface area (Å²) in [4.78, 5) is 0. The van der Waals surface area contributed by atoms with Crippen molar-refractivity contribution < 1.29 is 0 Å². The molecule has 0 heteroatoms. The van der Waals surface area contributed by atoms with E-state index in [4.69, 9.17) is 0 Å². The summed E-state index contributed by atoms with van der Waals surface area (Å²) in [7, 11) is 0. The largest absolute Gasteiger partial charge is 0.0654 e. The van der Waals surface area contributed by atoms with Crippen LogP contribution in [0.3, 0.4) is 0 Å². The van der Waals surface area contributed by atoms with Crippen LogP contribution in [0.25, 0.3) is 0 Å². The lowest BCUT2D eigenvalue weighted by atomic mass is 9.99. The van der Waals surface area contributed by atoms with Gasteiger partial charge in [-0.1, -0.05) is 52.4 Å². The Kier molecular flexibility index (Phi) is 3.96. The Bertz CT molecular complexity index is 96.2. The number of rotatable bonds is 4. The maximum atomic E-state index is 2.40. The van der Waals surface area contributed by atoms with Crippen LogP contribution >= 0.6 is 0 Å². The Balaban J connectivity index is 1.99. The predicted octanol–water partition coefficient (Wildman–Crippen LogP) is 4.00. The normalized spacial score (nSPS) is 31.1. The van der Waals surface area contributed by atoms with Crippen molar-refractivity contribution in [1.29, 1.82) is 0 Å². The van der Waals surface area contributed by atoms with Crippen LogP contribution in [0.1, 0.15) is 58.8 Å². The van der Waals surface area contributed by atoms with E-state index in [0.717, 1.165) is 11.8 Å². The van der Waals surface area contributed by atoms with Gasteiger partial charge in [-0.2, -0.15) is 0 Å². The molecule has 0 aromatic heterocycles. The Morgan fingerprint density at radius 3 is 2.55 bits per heavy atom. The average Bonchev–Trinajstić information content (AvgIpc) is 2.37. The Morgan fingerprint density at radius 2 is 2.00 bits per heavy atom. The molecule has 0 aliphatic heterocycles. The van der Waals surface area contributed by atoms with Gasteiger partial charge in [0.15, 0.2) is 0 Å². The summed E-state index contributed by atoms with van der Waals surface area (Å²) in [6.45, 7) is 4.69. The van der Waals surface area contributed by atoms with Crippen LogP contribution in [0.2, 0.25) is 0 Å². The molecule has 0 saturated heterocycles. The Labute approximate surface area is 71.4 Å². The molecule has 0 unspecified atom stereocenters. The summed E-state index contributed by atoms with van der Waals surface area (Å²) in [6, 6.07) is 0. The highest BCUT2D eigenvalue weighted by Gasteiger charge is 2.20. The smallest absolute Gasteiger partial charge is 0.0412 e. The molecule has 1 rings (SSSR count). The Hall–Kier alpha value is 0. The lowest BCUT2D eigenvalue weighted by Gasteiger charge is -2.07. The van der Waals surface area contributed by atoms with E-state index in [1.165, 1.54) is 44.9 Å². The molecule has 0 aromatic rings. The minimum Gasteiger partial charge on any atom is -0.0654 e. The van der Waals surface area contributed by atoms with Crippen molar-refractivity contribution in [2.45, 2.75) is 58.8 Å². The molecule has 66 valence electrons. The zero-order valence-electron chi connectivity index (χ0n) is 8.10. The van der Waals surface area contributed by atoms with E-state index in [1.807, 2.05) is 0 Å². The van der Waals surface area contributed by atoms with Crippen LogP contribution in [0.5, 0.6) is 0 Å². The number of hydrogen-bond acceptors (Lipinski definition) is 0. The molecule has 0 bridgehead atoms. The second-order valence-corrected chi connectivity index (χ2v) is 4.28. The standard InChI is InChI=1S/C11H22/c1-3-4-5-6-11-8-7-10(2)9-11/h10-11H,3-9H2,1-2H3/t10-,11+/m1/s1. The Morgan fingerprint density at radius 1 is 1.18 bits per heavy atom. The summed E-state index contributed by atoms with van der Waals surface area (Å²) < 4.78 is 0. The summed E-state index contributed by atoms with van der Waals surface area (Å²) in [5.74, 6) is 2.12. The monoisotopic (exact) mass is 154 g/mol. The maximum absolute atomic E-state index is 2.40. The summed E-state index contributed by atoms with van der Waals surface area (Å²) in [5, 5.41) is 0. The van der Waals surface area contributed by atoms with E-state index in [-0.39, 0.29) is 0 Å². The van der Waals surface area contributed by atoms with Crippen LogP contribution in [0.15, 0.2) is 0 Å². The van der Waals surface area contributed by atoms with Gasteiger partial charge in [0.25, 0.3) is 0 Å². The molecule has 1 fully saturated rings. The van der Waals surface area contributed by atoms with Crippen molar-refractivity contribution in [3.05, 3.63) is 0 Å². The fourth-order valence-electron chi connectivity index (χ4n) is 2.27. The van der Waals surface area contributed by atoms with Gasteiger partial charge in [0.2, 0.25) is 0 Å². The lowest BCUT2D eigenvalue weighted by Crippen LogP contribution is -1.93. The molecule has 0 spiro atoms. The topological polar surface area (TPSA) is 0 Å². The molecule has 0 N–H and O–H groups in total. The average molecular weight is 154 g/mol. The highest BCUT2D eigenvalue weighted by atomic mass is 14.3. The van der Waals surface area contributed by atoms with Crippen LogP contribution in [-0.4, -0.2) is 0 Å². The van der Waals surface area contributed by atoms with Crippen molar-refractivity contribution in [1.82, 2.24) is 0 Å². The predicted molar refractivity (Wildman–Crippen MR) is 50.6 cm³/mol. The van der Waals surface area contributed by atoms with E-state index < -0.39 is 0 Å². The van der Waals surface area contributed by atoms with Gasteiger partial charge in [0, 0.05) is 0 Å². The van der Waals surface area contributed by atoms with Gasteiger partial charge in [-0.25, -0.2) is 0 Å². The molecule has 11 heavy (non-hydrogen) atoms. The van der Waals surface area contributed by atoms with Crippen molar-refractivity contribution in [2.75, 3.05) is 0 Å². The molecule has 1 saturated carbocycles. The number of unbranched alkanes of at least 4 members (excludes halogenated alkanes) is 2. The minimum atomic E-state index is 1.03. The molecule has 0 amide bonds. The first-order valence-electron chi connectivity index (χ1n) is 5.33. The van der Waals surface area contributed by atoms with E-state index >= 15 is 0 Å². The molecule has 2 atom stereocenters. The first kappa shape index (κ1) is 9.09. The fraction of sp³-hybridized carbons (Fsp3) is 1.00. The summed E-state index contributed by atoms with van der Waals surface area (Å²) >= 11 is 0. The molecule has 0 aromatic carbocycles.